The average Bonchev–Trinajstić information content (AvgIpc) is 3.65. The normalized spacial score (nSPS) is 18.4. The van der Waals surface area contributed by atoms with Crippen LogP contribution in [-0.2, 0) is 15.5 Å². The minimum absolute atomic E-state index is 0.207. The number of hydrogen-bond acceptors (Lipinski definition) is 8. The number of aromatic nitrogens is 5. The Morgan fingerprint density at radius 2 is 1.78 bits per heavy atom. The highest BCUT2D eigenvalue weighted by Crippen LogP contribution is 2.49. The van der Waals surface area contributed by atoms with Crippen LogP contribution in [0.15, 0.2) is 48.7 Å². The standard InChI is InChI=1S/C25H27FN8OS/c1-32-12-14-33(15-13-32)18-8-6-17(7-9-18)28-24-27-16-19-22(26)31-34(23(19)30-24)21-5-3-4-20(29-21)25(10-11-25)36(2)35/h3-9,16H,10-15H2,1-2H3,(H,27,28,30). The van der Waals surface area contributed by atoms with Crippen molar-refractivity contribution in [1.29, 1.82) is 0 Å². The summed E-state index contributed by atoms with van der Waals surface area (Å²) in [6.07, 6.45) is 4.78. The molecule has 36 heavy (non-hydrogen) atoms. The Morgan fingerprint density at radius 1 is 1.03 bits per heavy atom. The van der Waals surface area contributed by atoms with Crippen LogP contribution in [0.25, 0.3) is 16.9 Å². The predicted molar refractivity (Wildman–Crippen MR) is 139 cm³/mol. The SMILES string of the molecule is CN1CCN(c2ccc(Nc3ncc4c(F)nn(-c5cccc(C6(S(C)=O)CC6)n5)c4n3)cc2)CC1. The fraction of sp³-hybridized carbons (Fsp3) is 0.360. The van der Waals surface area contributed by atoms with Crippen molar-refractivity contribution in [3.63, 3.8) is 0 Å². The number of benzene rings is 1. The van der Waals surface area contributed by atoms with Gasteiger partial charge in [-0.05, 0) is 56.3 Å². The number of anilines is 3. The van der Waals surface area contributed by atoms with Crippen LogP contribution in [0.3, 0.4) is 0 Å². The molecule has 2 fully saturated rings. The van der Waals surface area contributed by atoms with Gasteiger partial charge < -0.3 is 15.1 Å². The summed E-state index contributed by atoms with van der Waals surface area (Å²) in [5.74, 6) is 0.0975. The number of rotatable bonds is 6. The van der Waals surface area contributed by atoms with E-state index in [2.05, 4.69) is 54.3 Å². The molecule has 1 saturated carbocycles. The zero-order chi connectivity index (χ0) is 24.9. The number of pyridine rings is 1. The minimum atomic E-state index is -1.04. The summed E-state index contributed by atoms with van der Waals surface area (Å²) in [6, 6.07) is 13.6. The molecule has 3 aromatic heterocycles. The van der Waals surface area contributed by atoms with E-state index in [1.807, 2.05) is 24.3 Å². The molecular weight excluding hydrogens is 479 g/mol. The number of fused-ring (bicyclic) bond motifs is 1. The number of likely N-dealkylation sites (N-methyl/N-ethyl adjacent to an activating group) is 1. The molecule has 1 aliphatic carbocycles. The van der Waals surface area contributed by atoms with Gasteiger partial charge in [-0.15, -0.1) is 5.10 Å². The molecule has 1 saturated heterocycles. The third kappa shape index (κ3) is 4.11. The molecule has 6 rings (SSSR count). The van der Waals surface area contributed by atoms with Gasteiger partial charge >= 0.3 is 0 Å². The van der Waals surface area contributed by atoms with E-state index in [1.165, 1.54) is 16.6 Å². The highest BCUT2D eigenvalue weighted by Gasteiger charge is 2.49. The van der Waals surface area contributed by atoms with Gasteiger partial charge in [0.25, 0.3) is 0 Å². The quantitative estimate of drug-likeness (QED) is 0.426. The van der Waals surface area contributed by atoms with E-state index in [0.717, 1.165) is 50.4 Å². The van der Waals surface area contributed by atoms with Gasteiger partial charge in [-0.25, -0.2) is 9.97 Å². The van der Waals surface area contributed by atoms with Crippen molar-refractivity contribution in [1.82, 2.24) is 29.6 Å². The van der Waals surface area contributed by atoms with Gasteiger partial charge in [0, 0.05) is 60.8 Å². The van der Waals surface area contributed by atoms with Gasteiger partial charge in [-0.3, -0.25) is 4.21 Å². The van der Waals surface area contributed by atoms with Crippen LogP contribution < -0.4 is 10.2 Å². The van der Waals surface area contributed by atoms with Crippen LogP contribution in [0.2, 0.25) is 0 Å². The summed E-state index contributed by atoms with van der Waals surface area (Å²) in [4.78, 5) is 18.2. The number of nitrogens with zero attached hydrogens (tertiary/aromatic N) is 7. The van der Waals surface area contributed by atoms with E-state index in [4.69, 9.17) is 0 Å². The maximum absolute atomic E-state index is 14.7. The largest absolute Gasteiger partial charge is 0.369 e. The highest BCUT2D eigenvalue weighted by molar-refractivity contribution is 7.85. The molecule has 0 radical (unpaired) electrons. The molecule has 9 nitrogen and oxygen atoms in total. The zero-order valence-corrected chi connectivity index (χ0v) is 21.0. The van der Waals surface area contributed by atoms with E-state index >= 15 is 0 Å². The summed E-state index contributed by atoms with van der Waals surface area (Å²) in [7, 11) is 1.10. The lowest BCUT2D eigenvalue weighted by Gasteiger charge is -2.34. The fourth-order valence-electron chi connectivity index (χ4n) is 4.64. The number of halogens is 1. The first-order valence-corrected chi connectivity index (χ1v) is 13.5. The topological polar surface area (TPSA) is 92.1 Å². The molecule has 0 bridgehead atoms. The van der Waals surface area contributed by atoms with Crippen LogP contribution in [-0.4, -0.2) is 73.3 Å². The smallest absolute Gasteiger partial charge is 0.244 e. The van der Waals surface area contributed by atoms with Gasteiger partial charge in [0.2, 0.25) is 11.9 Å². The molecule has 1 aliphatic heterocycles. The van der Waals surface area contributed by atoms with Gasteiger partial charge in [0.15, 0.2) is 11.5 Å². The van der Waals surface area contributed by atoms with Crippen LogP contribution in [0, 0.1) is 5.95 Å². The van der Waals surface area contributed by atoms with Crippen molar-refractivity contribution in [2.45, 2.75) is 17.6 Å². The molecule has 11 heteroatoms. The molecular formula is C25H27FN8OS. The van der Waals surface area contributed by atoms with Crippen molar-refractivity contribution in [3.05, 3.63) is 60.3 Å². The van der Waals surface area contributed by atoms with Crippen LogP contribution in [0.4, 0.5) is 21.7 Å². The van der Waals surface area contributed by atoms with Gasteiger partial charge in [0.05, 0.1) is 15.8 Å². The summed E-state index contributed by atoms with van der Waals surface area (Å²) < 4.78 is 27.9. The molecule has 186 valence electrons. The Morgan fingerprint density at radius 3 is 2.47 bits per heavy atom. The van der Waals surface area contributed by atoms with Crippen molar-refractivity contribution < 1.29 is 8.60 Å². The van der Waals surface area contributed by atoms with E-state index in [9.17, 15) is 8.60 Å². The first-order valence-electron chi connectivity index (χ1n) is 12.0. The first kappa shape index (κ1) is 23.0. The Bertz CT molecular complexity index is 1440. The maximum atomic E-state index is 14.7. The molecule has 1 aromatic carbocycles. The predicted octanol–water partition coefficient (Wildman–Crippen LogP) is 3.21. The highest BCUT2D eigenvalue weighted by atomic mass is 32.2. The van der Waals surface area contributed by atoms with Crippen molar-refractivity contribution in [3.8, 4) is 5.82 Å². The Labute approximate surface area is 210 Å². The van der Waals surface area contributed by atoms with Crippen molar-refractivity contribution in [2.24, 2.45) is 0 Å². The number of nitrogens with one attached hydrogen (secondary N) is 1. The Kier molecular flexibility index (Phi) is 5.68. The van der Waals surface area contributed by atoms with E-state index in [1.54, 1.807) is 12.3 Å². The minimum Gasteiger partial charge on any atom is -0.369 e. The fourth-order valence-corrected chi connectivity index (χ4v) is 5.72. The lowest BCUT2D eigenvalue weighted by atomic mass is 10.2. The third-order valence-electron chi connectivity index (χ3n) is 7.04. The Balaban J connectivity index is 1.27. The van der Waals surface area contributed by atoms with Crippen LogP contribution in [0.1, 0.15) is 18.5 Å². The van der Waals surface area contributed by atoms with Crippen molar-refractivity contribution >= 4 is 39.2 Å². The zero-order valence-electron chi connectivity index (χ0n) is 20.2. The van der Waals surface area contributed by atoms with Crippen LogP contribution >= 0.6 is 0 Å². The lowest BCUT2D eigenvalue weighted by molar-refractivity contribution is 0.313. The molecule has 4 heterocycles. The maximum Gasteiger partial charge on any atom is 0.244 e. The molecule has 0 amide bonds. The van der Waals surface area contributed by atoms with Gasteiger partial charge in [-0.2, -0.15) is 14.1 Å². The molecule has 1 atom stereocenters. The third-order valence-corrected chi connectivity index (χ3v) is 8.76. The Hall–Kier alpha value is -3.44. The van der Waals surface area contributed by atoms with Crippen molar-refractivity contribution in [2.75, 3.05) is 49.7 Å². The number of hydrogen-bond donors (Lipinski definition) is 1. The summed E-state index contributed by atoms with van der Waals surface area (Å²) >= 11 is 0. The summed E-state index contributed by atoms with van der Waals surface area (Å²) in [5.41, 5.74) is 3.06. The number of piperazine rings is 1. The molecule has 1 unspecified atom stereocenters. The average molecular weight is 507 g/mol. The molecule has 4 aromatic rings. The van der Waals surface area contributed by atoms with E-state index < -0.39 is 21.5 Å². The van der Waals surface area contributed by atoms with Crippen LogP contribution in [0.5, 0.6) is 0 Å². The molecule has 0 spiro atoms. The van der Waals surface area contributed by atoms with Gasteiger partial charge in [-0.1, -0.05) is 6.07 Å². The second kappa shape index (κ2) is 8.90. The second-order valence-electron chi connectivity index (χ2n) is 9.43. The molecule has 2 aliphatic rings. The molecule has 1 N–H and O–H groups in total. The first-order chi connectivity index (χ1) is 17.4. The summed E-state index contributed by atoms with van der Waals surface area (Å²) in [5, 5.41) is 7.45. The van der Waals surface area contributed by atoms with E-state index in [-0.39, 0.29) is 5.39 Å². The lowest BCUT2D eigenvalue weighted by Crippen LogP contribution is -2.44. The van der Waals surface area contributed by atoms with Gasteiger partial charge in [0.1, 0.15) is 0 Å². The summed E-state index contributed by atoms with van der Waals surface area (Å²) in [6.45, 7) is 4.10. The monoisotopic (exact) mass is 506 g/mol. The second-order valence-corrected chi connectivity index (χ2v) is 11.1. The van der Waals surface area contributed by atoms with E-state index in [0.29, 0.717) is 17.4 Å².